The Hall–Kier alpha value is -1.06. The molecule has 1 aliphatic carbocycles. The molecule has 0 radical (unpaired) electrons. The lowest BCUT2D eigenvalue weighted by molar-refractivity contribution is 0.182. The molecular formula is C15H21NO2. The van der Waals surface area contributed by atoms with Crippen molar-refractivity contribution in [2.75, 3.05) is 13.2 Å². The summed E-state index contributed by atoms with van der Waals surface area (Å²) in [5.74, 6) is 1.58. The lowest BCUT2D eigenvalue weighted by Crippen LogP contribution is -2.15. The highest BCUT2D eigenvalue weighted by molar-refractivity contribution is 5.31. The summed E-state index contributed by atoms with van der Waals surface area (Å²) in [6.45, 7) is 1.76. The van der Waals surface area contributed by atoms with Crippen molar-refractivity contribution in [2.45, 2.75) is 37.8 Å². The summed E-state index contributed by atoms with van der Waals surface area (Å²) < 4.78 is 11.2. The maximum Gasteiger partial charge on any atom is 0.120 e. The van der Waals surface area contributed by atoms with Gasteiger partial charge in [0.2, 0.25) is 0 Å². The van der Waals surface area contributed by atoms with Gasteiger partial charge < -0.3 is 15.2 Å². The standard InChI is InChI=1S/C15H21NO2/c16-15(8-11-6-7-17-10-11)12-2-1-3-14(9-12)18-13-4-5-13/h1-3,9,11,13,15H,4-8,10,16H2. The Bertz CT molecular complexity index is 397. The van der Waals surface area contributed by atoms with Crippen molar-refractivity contribution in [3.05, 3.63) is 29.8 Å². The zero-order chi connectivity index (χ0) is 12.4. The number of nitrogens with two attached hydrogens (primary N) is 1. The van der Waals surface area contributed by atoms with Crippen LogP contribution >= 0.6 is 0 Å². The minimum Gasteiger partial charge on any atom is -0.490 e. The molecule has 3 heteroatoms. The number of benzene rings is 1. The van der Waals surface area contributed by atoms with Crippen LogP contribution in [-0.2, 0) is 4.74 Å². The van der Waals surface area contributed by atoms with Gasteiger partial charge in [0, 0.05) is 19.3 Å². The summed E-state index contributed by atoms with van der Waals surface area (Å²) in [5, 5.41) is 0. The highest BCUT2D eigenvalue weighted by Crippen LogP contribution is 2.30. The molecule has 2 aliphatic rings. The zero-order valence-electron chi connectivity index (χ0n) is 10.7. The largest absolute Gasteiger partial charge is 0.490 e. The van der Waals surface area contributed by atoms with E-state index in [4.69, 9.17) is 15.2 Å². The van der Waals surface area contributed by atoms with Crippen molar-refractivity contribution >= 4 is 0 Å². The highest BCUT2D eigenvalue weighted by atomic mass is 16.5. The first kappa shape index (κ1) is 12.0. The number of hydrogen-bond donors (Lipinski definition) is 1. The van der Waals surface area contributed by atoms with Gasteiger partial charge >= 0.3 is 0 Å². The van der Waals surface area contributed by atoms with Crippen LogP contribution in [0, 0.1) is 5.92 Å². The molecule has 1 heterocycles. The predicted octanol–water partition coefficient (Wildman–Crippen LogP) is 2.65. The molecule has 2 unspecified atom stereocenters. The fraction of sp³-hybridized carbons (Fsp3) is 0.600. The third-order valence-corrected chi connectivity index (χ3v) is 3.72. The maximum atomic E-state index is 6.28. The zero-order valence-corrected chi connectivity index (χ0v) is 10.7. The van der Waals surface area contributed by atoms with Gasteiger partial charge in [-0.15, -0.1) is 0 Å². The molecule has 0 amide bonds. The molecule has 1 aromatic carbocycles. The third kappa shape index (κ3) is 3.03. The molecule has 1 aliphatic heterocycles. The van der Waals surface area contributed by atoms with E-state index in [2.05, 4.69) is 12.1 Å². The van der Waals surface area contributed by atoms with Crippen molar-refractivity contribution in [1.82, 2.24) is 0 Å². The lowest BCUT2D eigenvalue weighted by atomic mass is 9.95. The summed E-state index contributed by atoms with van der Waals surface area (Å²) in [6.07, 6.45) is 4.98. The minimum atomic E-state index is 0.0967. The first-order valence-corrected chi connectivity index (χ1v) is 6.91. The fourth-order valence-electron chi connectivity index (χ4n) is 2.46. The summed E-state index contributed by atoms with van der Waals surface area (Å²) in [7, 11) is 0. The van der Waals surface area contributed by atoms with Crippen molar-refractivity contribution in [3.63, 3.8) is 0 Å². The van der Waals surface area contributed by atoms with Gasteiger partial charge in [0.05, 0.1) is 6.10 Å². The van der Waals surface area contributed by atoms with Gasteiger partial charge in [-0.2, -0.15) is 0 Å². The molecule has 1 saturated heterocycles. The van der Waals surface area contributed by atoms with Crippen LogP contribution in [-0.4, -0.2) is 19.3 Å². The van der Waals surface area contributed by atoms with Crippen LogP contribution in [0.15, 0.2) is 24.3 Å². The second-order valence-electron chi connectivity index (χ2n) is 5.46. The van der Waals surface area contributed by atoms with E-state index >= 15 is 0 Å². The lowest BCUT2D eigenvalue weighted by Gasteiger charge is -2.16. The Labute approximate surface area is 108 Å². The highest BCUT2D eigenvalue weighted by Gasteiger charge is 2.24. The average Bonchev–Trinajstić information content (AvgIpc) is 3.04. The van der Waals surface area contributed by atoms with Crippen LogP contribution in [0.3, 0.4) is 0 Å². The molecule has 0 bridgehead atoms. The summed E-state index contributed by atoms with van der Waals surface area (Å²) in [5.41, 5.74) is 7.46. The number of rotatable bonds is 5. The van der Waals surface area contributed by atoms with Gasteiger partial charge in [0.15, 0.2) is 0 Å². The molecule has 1 aromatic rings. The minimum absolute atomic E-state index is 0.0967. The van der Waals surface area contributed by atoms with E-state index < -0.39 is 0 Å². The van der Waals surface area contributed by atoms with E-state index in [1.165, 1.54) is 18.4 Å². The molecular weight excluding hydrogens is 226 g/mol. The molecule has 0 spiro atoms. The molecule has 2 atom stereocenters. The molecule has 98 valence electrons. The van der Waals surface area contributed by atoms with E-state index in [9.17, 15) is 0 Å². The van der Waals surface area contributed by atoms with Gasteiger partial charge in [-0.25, -0.2) is 0 Å². The molecule has 3 nitrogen and oxygen atoms in total. The van der Waals surface area contributed by atoms with Crippen LogP contribution in [0.25, 0.3) is 0 Å². The van der Waals surface area contributed by atoms with Gasteiger partial charge in [-0.1, -0.05) is 12.1 Å². The first-order valence-electron chi connectivity index (χ1n) is 6.91. The Kier molecular flexibility index (Phi) is 3.52. The molecule has 0 aromatic heterocycles. The predicted molar refractivity (Wildman–Crippen MR) is 70.6 cm³/mol. The Balaban J connectivity index is 1.62. The van der Waals surface area contributed by atoms with E-state index in [1.54, 1.807) is 0 Å². The Morgan fingerprint density at radius 2 is 2.22 bits per heavy atom. The smallest absolute Gasteiger partial charge is 0.120 e. The Morgan fingerprint density at radius 1 is 1.33 bits per heavy atom. The molecule has 2 fully saturated rings. The topological polar surface area (TPSA) is 44.5 Å². The third-order valence-electron chi connectivity index (χ3n) is 3.72. The number of ether oxygens (including phenoxy) is 2. The molecule has 18 heavy (non-hydrogen) atoms. The van der Waals surface area contributed by atoms with Crippen LogP contribution in [0.4, 0.5) is 0 Å². The molecule has 2 N–H and O–H groups in total. The average molecular weight is 247 g/mol. The monoisotopic (exact) mass is 247 g/mol. The van der Waals surface area contributed by atoms with Crippen LogP contribution in [0.2, 0.25) is 0 Å². The van der Waals surface area contributed by atoms with Crippen molar-refractivity contribution < 1.29 is 9.47 Å². The normalized spacial score (nSPS) is 25.1. The van der Waals surface area contributed by atoms with Crippen LogP contribution < -0.4 is 10.5 Å². The maximum absolute atomic E-state index is 6.28. The second kappa shape index (κ2) is 5.29. The quantitative estimate of drug-likeness (QED) is 0.870. The van der Waals surface area contributed by atoms with E-state index in [0.29, 0.717) is 12.0 Å². The first-order chi connectivity index (χ1) is 8.81. The molecule has 3 rings (SSSR count). The summed E-state index contributed by atoms with van der Waals surface area (Å²) in [6, 6.07) is 8.35. The Morgan fingerprint density at radius 3 is 2.94 bits per heavy atom. The van der Waals surface area contributed by atoms with Gasteiger partial charge in [0.1, 0.15) is 5.75 Å². The van der Waals surface area contributed by atoms with E-state index in [1.807, 2.05) is 12.1 Å². The van der Waals surface area contributed by atoms with Gasteiger partial charge in [0.25, 0.3) is 0 Å². The summed E-state index contributed by atoms with van der Waals surface area (Å²) >= 11 is 0. The van der Waals surface area contributed by atoms with E-state index in [-0.39, 0.29) is 6.04 Å². The van der Waals surface area contributed by atoms with Crippen LogP contribution in [0.1, 0.15) is 37.3 Å². The number of hydrogen-bond acceptors (Lipinski definition) is 3. The van der Waals surface area contributed by atoms with Crippen molar-refractivity contribution in [3.8, 4) is 5.75 Å². The summed E-state index contributed by atoms with van der Waals surface area (Å²) in [4.78, 5) is 0. The van der Waals surface area contributed by atoms with E-state index in [0.717, 1.165) is 31.8 Å². The van der Waals surface area contributed by atoms with Gasteiger partial charge in [-0.3, -0.25) is 0 Å². The van der Waals surface area contributed by atoms with Crippen molar-refractivity contribution in [1.29, 1.82) is 0 Å². The second-order valence-corrected chi connectivity index (χ2v) is 5.46. The molecule has 1 saturated carbocycles. The van der Waals surface area contributed by atoms with Gasteiger partial charge in [-0.05, 0) is 49.3 Å². The fourth-order valence-corrected chi connectivity index (χ4v) is 2.46. The SMILES string of the molecule is NC(CC1CCOC1)c1cccc(OC2CC2)c1. The van der Waals surface area contributed by atoms with Crippen molar-refractivity contribution in [2.24, 2.45) is 11.7 Å². The van der Waals surface area contributed by atoms with Crippen LogP contribution in [0.5, 0.6) is 5.75 Å².